The van der Waals surface area contributed by atoms with Crippen molar-refractivity contribution in [3.8, 4) is 5.75 Å². The molecule has 3 N–H and O–H groups in total. The fraction of sp³-hybridized carbons (Fsp3) is 0.556. The number of ketones is 2. The molecule has 0 saturated heterocycles. The number of ether oxygens (including phenoxy) is 1. The fourth-order valence-corrected chi connectivity index (χ4v) is 9.76. The summed E-state index contributed by atoms with van der Waals surface area (Å²) in [5.41, 5.74) is -7.31. The van der Waals surface area contributed by atoms with Crippen LogP contribution in [0.25, 0.3) is 10.9 Å². The lowest BCUT2D eigenvalue weighted by atomic mass is 9.44. The summed E-state index contributed by atoms with van der Waals surface area (Å²) >= 11 is 8.00. The van der Waals surface area contributed by atoms with E-state index in [0.29, 0.717) is 14.1 Å². The van der Waals surface area contributed by atoms with Gasteiger partial charge in [0, 0.05) is 28.3 Å². The molecule has 0 spiro atoms. The monoisotopic (exact) mass is 799 g/mol. The number of aromatic nitrogens is 1. The van der Waals surface area contributed by atoms with Crippen LogP contribution < -0.4 is 0 Å². The van der Waals surface area contributed by atoms with Crippen molar-refractivity contribution in [2.75, 3.05) is 6.61 Å². The number of nitrogens with zero attached hydrogens (tertiary/aromatic N) is 1. The summed E-state index contributed by atoms with van der Waals surface area (Å²) in [6, 6.07) is 5.35. The number of pyridine rings is 1. The number of allylic oxidation sites excluding steroid dienone is 4. The van der Waals surface area contributed by atoms with Gasteiger partial charge in [0.15, 0.2) is 23.8 Å². The van der Waals surface area contributed by atoms with Gasteiger partial charge in [-0.3, -0.25) is 19.4 Å². The Bertz CT molecular complexity index is 1740. The van der Waals surface area contributed by atoms with Crippen molar-refractivity contribution >= 4 is 62.6 Å². The molecule has 0 amide bonds. The number of carbonyl (C=O) groups is 3. The first kappa shape index (κ1) is 36.8. The number of carbonyl (C=O) groups excluding carboxylic acids is 3. The van der Waals surface area contributed by atoms with E-state index in [0.717, 1.165) is 11.5 Å². The normalized spacial score (nSPS) is 37.0. The number of Topliss-reactive ketones (excluding diaryl/α,β-unsaturated/α-hetero) is 1. The van der Waals surface area contributed by atoms with E-state index in [2.05, 4.69) is 4.98 Å². The van der Waals surface area contributed by atoms with Crippen LogP contribution in [0.2, 0.25) is 5.02 Å². The quantitative estimate of drug-likeness (QED) is 0.233. The van der Waals surface area contributed by atoms with Crippen molar-refractivity contribution in [1.29, 1.82) is 0 Å². The van der Waals surface area contributed by atoms with Crippen molar-refractivity contribution in [3.05, 3.63) is 56.8 Å². The molecule has 4 aliphatic rings. The van der Waals surface area contributed by atoms with E-state index < -0.39 is 81.7 Å². The maximum atomic E-state index is 17.1. The Morgan fingerprint density at radius 1 is 1.21 bits per heavy atom. The minimum absolute atomic E-state index is 0.0258. The first-order valence-corrected chi connectivity index (χ1v) is 17.4. The van der Waals surface area contributed by atoms with Crippen LogP contribution in [-0.4, -0.2) is 68.0 Å². The van der Waals surface area contributed by atoms with Gasteiger partial charge < -0.3 is 20.1 Å². The molecule has 0 bridgehead atoms. The third kappa shape index (κ3) is 5.42. The molecule has 3 fully saturated rings. The first-order chi connectivity index (χ1) is 22.1. The van der Waals surface area contributed by atoms with Crippen molar-refractivity contribution < 1.29 is 43.2 Å². The Kier molecular flexibility index (Phi) is 9.49. The summed E-state index contributed by atoms with van der Waals surface area (Å²) in [6.45, 7) is 9.15. The maximum absolute atomic E-state index is 17.1. The molecule has 1 aromatic heterocycles. The van der Waals surface area contributed by atoms with Gasteiger partial charge in [-0.1, -0.05) is 31.5 Å². The molecule has 12 heteroatoms. The molecule has 1 unspecified atom stereocenters. The average Bonchev–Trinajstić information content (AvgIpc) is 3.22. The number of phenolic OH excluding ortho intramolecular Hbond substituents is 1. The Balaban J connectivity index is 0.000000288. The van der Waals surface area contributed by atoms with Crippen LogP contribution >= 0.6 is 34.2 Å². The van der Waals surface area contributed by atoms with E-state index in [4.69, 9.17) is 16.3 Å². The second-order valence-electron chi connectivity index (χ2n) is 15.1. The number of aliphatic hydroxyl groups excluding tert-OH is 1. The van der Waals surface area contributed by atoms with Gasteiger partial charge in [-0.05, 0) is 117 Å². The van der Waals surface area contributed by atoms with Gasteiger partial charge in [0.1, 0.15) is 17.3 Å². The van der Waals surface area contributed by atoms with Crippen molar-refractivity contribution in [3.63, 3.8) is 0 Å². The van der Waals surface area contributed by atoms with Gasteiger partial charge in [-0.2, -0.15) is 0 Å². The predicted molar refractivity (Wildman–Crippen MR) is 185 cm³/mol. The first-order valence-electron chi connectivity index (χ1n) is 16.0. The minimum atomic E-state index is -2.28. The van der Waals surface area contributed by atoms with Gasteiger partial charge in [-0.25, -0.2) is 8.78 Å². The lowest BCUT2D eigenvalue weighted by Crippen LogP contribution is -2.70. The van der Waals surface area contributed by atoms with Crippen LogP contribution in [-0.2, 0) is 19.1 Å². The molecule has 9 atom stereocenters. The molecule has 48 heavy (non-hydrogen) atoms. The lowest BCUT2D eigenvalue weighted by Gasteiger charge is -2.63. The summed E-state index contributed by atoms with van der Waals surface area (Å²) in [7, 11) is 0. The lowest BCUT2D eigenvalue weighted by molar-refractivity contribution is -0.224. The van der Waals surface area contributed by atoms with Gasteiger partial charge in [0.25, 0.3) is 0 Å². The zero-order chi connectivity index (χ0) is 35.8. The number of alkyl halides is 2. The van der Waals surface area contributed by atoms with Gasteiger partial charge >= 0.3 is 5.97 Å². The third-order valence-electron chi connectivity index (χ3n) is 11.4. The van der Waals surface area contributed by atoms with Gasteiger partial charge in [-0.15, -0.1) is 0 Å². The average molecular weight is 800 g/mol. The number of fused-ring (bicyclic) bond motifs is 6. The highest BCUT2D eigenvalue weighted by Crippen LogP contribution is 2.71. The number of benzene rings is 1. The van der Waals surface area contributed by atoms with Crippen molar-refractivity contribution in [2.24, 2.45) is 34.0 Å². The fourth-order valence-electron chi connectivity index (χ4n) is 8.75. The predicted octanol–water partition coefficient (Wildman–Crippen LogP) is 6.64. The molecule has 0 aliphatic heterocycles. The number of rotatable bonds is 3. The minimum Gasteiger partial charge on any atom is -0.505 e. The van der Waals surface area contributed by atoms with Crippen LogP contribution in [0.1, 0.15) is 60.8 Å². The van der Waals surface area contributed by atoms with E-state index in [-0.39, 0.29) is 30.6 Å². The summed E-state index contributed by atoms with van der Waals surface area (Å²) in [6.07, 6.45) is 1.88. The molecule has 260 valence electrons. The molecular weight excluding hydrogens is 759 g/mol. The van der Waals surface area contributed by atoms with Crippen LogP contribution in [0.4, 0.5) is 8.78 Å². The number of aromatic hydroxyl groups is 1. The van der Waals surface area contributed by atoms with Crippen LogP contribution in [0.15, 0.2) is 48.2 Å². The number of hydrogen-bond acceptors (Lipinski definition) is 8. The molecular formula is C36H41ClF2INO7. The number of halogens is 4. The van der Waals surface area contributed by atoms with Gasteiger partial charge in [0.2, 0.25) is 5.78 Å². The second kappa shape index (κ2) is 12.4. The van der Waals surface area contributed by atoms with Crippen LogP contribution in [0.5, 0.6) is 5.75 Å². The summed E-state index contributed by atoms with van der Waals surface area (Å²) < 4.78 is 38.5. The van der Waals surface area contributed by atoms with E-state index in [1.165, 1.54) is 19.1 Å². The smallest absolute Gasteiger partial charge is 0.311 e. The van der Waals surface area contributed by atoms with Crippen molar-refractivity contribution in [1.82, 2.24) is 4.98 Å². The van der Waals surface area contributed by atoms with E-state index in [1.807, 2.05) is 28.7 Å². The van der Waals surface area contributed by atoms with E-state index >= 15 is 8.78 Å². The molecule has 1 aromatic carbocycles. The van der Waals surface area contributed by atoms with Crippen LogP contribution in [0.3, 0.4) is 0 Å². The molecule has 4 aliphatic carbocycles. The number of esters is 1. The molecule has 2 aromatic rings. The largest absolute Gasteiger partial charge is 0.505 e. The maximum Gasteiger partial charge on any atom is 0.311 e. The Labute approximate surface area is 297 Å². The third-order valence-corrected chi connectivity index (χ3v) is 12.5. The second-order valence-corrected chi connectivity index (χ2v) is 16.7. The SMILES string of the molecule is C[C@@H]1C[C@H]2[C@@H]3C[C@H](F)C4=CC(=O)C=C[C@]4(C)C3(F)[C@@H](O)C[C@]2(C)[C@@]1(O)C(=O)COC(=O)C(C)(C)C.Oc1c(I)cc(Cl)c2cccnc12. The number of aliphatic hydroxyl groups is 2. The van der Waals surface area contributed by atoms with Gasteiger partial charge in [0.05, 0.1) is 20.1 Å². The highest BCUT2D eigenvalue weighted by atomic mass is 127. The zero-order valence-corrected chi connectivity index (χ0v) is 30.6. The molecule has 8 nitrogen and oxygen atoms in total. The topological polar surface area (TPSA) is 134 Å². The van der Waals surface area contributed by atoms with E-state index in [1.54, 1.807) is 52.9 Å². The Morgan fingerprint density at radius 3 is 2.52 bits per heavy atom. The zero-order valence-electron chi connectivity index (χ0n) is 27.7. The highest BCUT2D eigenvalue weighted by molar-refractivity contribution is 14.1. The van der Waals surface area contributed by atoms with Crippen LogP contribution in [0, 0.1) is 37.6 Å². The summed E-state index contributed by atoms with van der Waals surface area (Å²) in [4.78, 5) is 41.6. The number of hydrogen-bond donors (Lipinski definition) is 3. The Morgan fingerprint density at radius 2 is 1.88 bits per heavy atom. The molecule has 3 saturated carbocycles. The molecule has 0 radical (unpaired) electrons. The highest BCUT2D eigenvalue weighted by Gasteiger charge is 2.76. The Hall–Kier alpha value is -2.48. The summed E-state index contributed by atoms with van der Waals surface area (Å²) in [5.74, 6) is -3.75. The standard InChI is InChI=1S/C27H36F2O6.C9H5ClINO/c1-14-9-16-17-11-19(28)18-10-15(30)7-8-24(18,5)26(17,29)20(31)12-25(16,6)27(14,34)21(32)13-35-22(33)23(2,3)4;10-6-4-7(11)9(13)8-5(6)2-1-3-12-8/h7-8,10,14,16-17,19-20,31,34H,9,11-13H2,1-6H3;1-4,13H/t14-,16+,17+,19+,20+,24+,25+,26?,27+;/m1./s1. The number of phenols is 1. The molecule has 1 heterocycles. The summed E-state index contributed by atoms with van der Waals surface area (Å²) in [5, 5.41) is 34.2. The van der Waals surface area contributed by atoms with Crippen molar-refractivity contribution in [2.45, 2.75) is 84.4 Å². The van der Waals surface area contributed by atoms with E-state index in [9.17, 15) is 29.7 Å². The molecule has 6 rings (SSSR count).